The highest BCUT2D eigenvalue weighted by Gasteiger charge is 2.31. The van der Waals surface area contributed by atoms with Crippen molar-refractivity contribution in [1.29, 1.82) is 0 Å². The number of nitrogens with two attached hydrogens (primary N) is 1. The minimum Gasteiger partial charge on any atom is -0.481 e. The van der Waals surface area contributed by atoms with Crippen molar-refractivity contribution in [3.8, 4) is 0 Å². The molecule has 4 N–H and O–H groups in total. The van der Waals surface area contributed by atoms with Gasteiger partial charge in [0.2, 0.25) is 5.91 Å². The van der Waals surface area contributed by atoms with Gasteiger partial charge in [-0.15, -0.1) is 0 Å². The first-order chi connectivity index (χ1) is 11.3. The summed E-state index contributed by atoms with van der Waals surface area (Å²) >= 11 is 1.66. The van der Waals surface area contributed by atoms with Crippen molar-refractivity contribution in [1.82, 2.24) is 5.32 Å². The van der Waals surface area contributed by atoms with Crippen LogP contribution in [0.3, 0.4) is 0 Å². The lowest BCUT2D eigenvalue weighted by molar-refractivity contribution is -0.144. The van der Waals surface area contributed by atoms with Crippen LogP contribution in [0.5, 0.6) is 0 Å². The van der Waals surface area contributed by atoms with Gasteiger partial charge in [-0.2, -0.15) is 11.8 Å². The van der Waals surface area contributed by atoms with Crippen LogP contribution >= 0.6 is 11.8 Å². The summed E-state index contributed by atoms with van der Waals surface area (Å²) in [6.07, 6.45) is 3.08. The van der Waals surface area contributed by atoms with Gasteiger partial charge in [-0.1, -0.05) is 20.3 Å². The van der Waals surface area contributed by atoms with Crippen LogP contribution in [0.15, 0.2) is 0 Å². The number of carboxylic acid groups (broad SMARTS) is 1. The van der Waals surface area contributed by atoms with Crippen LogP contribution in [-0.2, 0) is 19.1 Å². The molecule has 1 saturated carbocycles. The summed E-state index contributed by atoms with van der Waals surface area (Å²) in [5.41, 5.74) is 5.54. The minimum absolute atomic E-state index is 0.386. The lowest BCUT2D eigenvalue weighted by atomic mass is 9.83. The summed E-state index contributed by atoms with van der Waals surface area (Å²) in [5.74, 6) is -0.861. The molecule has 0 aromatic heterocycles. The number of nitrogens with one attached hydrogen (secondary N) is 1. The van der Waals surface area contributed by atoms with Crippen molar-refractivity contribution in [3.05, 3.63) is 0 Å². The average Bonchev–Trinajstić information content (AvgIpc) is 2.51. The maximum Gasteiger partial charge on any atom is 0.329 e. The molecule has 0 radical (unpaired) electrons. The van der Waals surface area contributed by atoms with Gasteiger partial charge in [0.1, 0.15) is 6.04 Å². The Morgan fingerprint density at radius 2 is 1.88 bits per heavy atom. The number of aliphatic carboxylic acids is 1. The van der Waals surface area contributed by atoms with E-state index in [4.69, 9.17) is 15.6 Å². The van der Waals surface area contributed by atoms with Crippen molar-refractivity contribution >= 4 is 29.6 Å². The van der Waals surface area contributed by atoms with Gasteiger partial charge in [-0.05, 0) is 24.7 Å². The van der Waals surface area contributed by atoms with Crippen LogP contribution < -0.4 is 11.1 Å². The molecule has 1 aliphatic carbocycles. The van der Waals surface area contributed by atoms with Crippen molar-refractivity contribution in [2.24, 2.45) is 17.6 Å². The molecule has 8 heteroatoms. The second kappa shape index (κ2) is 9.88. The normalized spacial score (nSPS) is 26.2. The zero-order valence-corrected chi connectivity index (χ0v) is 15.3. The number of esters is 1. The summed E-state index contributed by atoms with van der Waals surface area (Å²) in [5, 5.41) is 11.6. The summed E-state index contributed by atoms with van der Waals surface area (Å²) in [7, 11) is 1.26. The number of carboxylic acids is 1. The molecule has 24 heavy (non-hydrogen) atoms. The summed E-state index contributed by atoms with van der Waals surface area (Å²) < 4.78 is 4.74. The highest BCUT2D eigenvalue weighted by molar-refractivity contribution is 8.00. The second-order valence-electron chi connectivity index (χ2n) is 6.47. The highest BCUT2D eigenvalue weighted by Crippen LogP contribution is 2.37. The molecule has 7 nitrogen and oxygen atoms in total. The predicted octanol–water partition coefficient (Wildman–Crippen LogP) is 1.00. The molecule has 0 saturated heterocycles. The molecule has 1 aliphatic rings. The van der Waals surface area contributed by atoms with E-state index in [0.717, 1.165) is 0 Å². The lowest BCUT2D eigenvalue weighted by Crippen LogP contribution is -2.50. The van der Waals surface area contributed by atoms with Crippen LogP contribution in [0.4, 0.5) is 0 Å². The Bertz CT molecular complexity index is 450. The quantitative estimate of drug-likeness (QED) is 0.553. The summed E-state index contributed by atoms with van der Waals surface area (Å²) in [6, 6.07) is -2.01. The number of carbonyl (C=O) groups is 3. The molecule has 0 aromatic rings. The third-order valence-corrected chi connectivity index (χ3v) is 6.27. The molecular formula is C16H28N2O5S. The van der Waals surface area contributed by atoms with E-state index in [9.17, 15) is 14.4 Å². The maximum absolute atomic E-state index is 12.0. The SMILES string of the molecule is COC(=O)[C@H](CSC1C(C)CCCC1C)NC(=O)[C@@H](N)CC(=O)O. The van der Waals surface area contributed by atoms with E-state index in [1.165, 1.54) is 26.4 Å². The predicted molar refractivity (Wildman–Crippen MR) is 92.6 cm³/mol. The van der Waals surface area contributed by atoms with Crippen LogP contribution in [0, 0.1) is 11.8 Å². The number of hydrogen-bond donors (Lipinski definition) is 3. The molecule has 0 spiro atoms. The van der Waals surface area contributed by atoms with Gasteiger partial charge < -0.3 is 20.9 Å². The van der Waals surface area contributed by atoms with Gasteiger partial charge in [0, 0.05) is 11.0 Å². The molecule has 1 rings (SSSR count). The first-order valence-electron chi connectivity index (χ1n) is 8.23. The zero-order valence-electron chi connectivity index (χ0n) is 14.5. The van der Waals surface area contributed by atoms with Crippen LogP contribution in [0.25, 0.3) is 0 Å². The second-order valence-corrected chi connectivity index (χ2v) is 7.68. The molecule has 0 aliphatic heterocycles. The lowest BCUT2D eigenvalue weighted by Gasteiger charge is -2.34. The molecule has 0 aromatic carbocycles. The van der Waals surface area contributed by atoms with Crippen molar-refractivity contribution in [2.45, 2.75) is 56.9 Å². The molecule has 0 heterocycles. The monoisotopic (exact) mass is 360 g/mol. The number of thioether (sulfide) groups is 1. The van der Waals surface area contributed by atoms with Gasteiger partial charge in [-0.3, -0.25) is 9.59 Å². The van der Waals surface area contributed by atoms with Gasteiger partial charge in [0.25, 0.3) is 0 Å². The number of rotatable bonds is 8. The van der Waals surface area contributed by atoms with E-state index < -0.39 is 36.4 Å². The van der Waals surface area contributed by atoms with Crippen molar-refractivity contribution in [2.75, 3.05) is 12.9 Å². The first-order valence-corrected chi connectivity index (χ1v) is 9.28. The molecule has 0 bridgehead atoms. The van der Waals surface area contributed by atoms with Crippen LogP contribution in [0.2, 0.25) is 0 Å². The zero-order chi connectivity index (χ0) is 18.3. The van der Waals surface area contributed by atoms with E-state index >= 15 is 0 Å². The molecule has 4 atom stereocenters. The third-order valence-electron chi connectivity index (χ3n) is 4.43. The van der Waals surface area contributed by atoms with E-state index in [-0.39, 0.29) is 0 Å². The first kappa shape index (κ1) is 20.8. The highest BCUT2D eigenvalue weighted by atomic mass is 32.2. The summed E-state index contributed by atoms with van der Waals surface area (Å²) in [6.45, 7) is 4.42. The van der Waals surface area contributed by atoms with Gasteiger partial charge >= 0.3 is 11.9 Å². The van der Waals surface area contributed by atoms with E-state index in [1.54, 1.807) is 11.8 Å². The smallest absolute Gasteiger partial charge is 0.329 e. The fourth-order valence-electron chi connectivity index (χ4n) is 3.06. The van der Waals surface area contributed by atoms with Gasteiger partial charge in [0.05, 0.1) is 19.6 Å². The number of carbonyl (C=O) groups excluding carboxylic acids is 2. The standard InChI is InChI=1S/C16H28N2O5S/c1-9-5-4-6-10(2)14(9)24-8-12(16(22)23-3)18-15(21)11(17)7-13(19)20/h9-12,14H,4-8,17H2,1-3H3,(H,18,21)(H,19,20)/t9?,10?,11-,12-,14?/m0/s1. The van der Waals surface area contributed by atoms with E-state index in [1.807, 2.05) is 0 Å². The molecule has 2 unspecified atom stereocenters. The molecule has 1 fully saturated rings. The minimum atomic E-state index is -1.19. The van der Waals surface area contributed by atoms with Crippen LogP contribution in [-0.4, -0.2) is 53.1 Å². The Balaban J connectivity index is 2.63. The average molecular weight is 360 g/mol. The number of hydrogen-bond acceptors (Lipinski definition) is 6. The van der Waals surface area contributed by atoms with Gasteiger partial charge in [-0.25, -0.2) is 4.79 Å². The van der Waals surface area contributed by atoms with Gasteiger partial charge in [0.15, 0.2) is 0 Å². The largest absolute Gasteiger partial charge is 0.481 e. The molecule has 138 valence electrons. The summed E-state index contributed by atoms with van der Waals surface area (Å²) in [4.78, 5) is 34.5. The fraction of sp³-hybridized carbons (Fsp3) is 0.812. The topological polar surface area (TPSA) is 119 Å². The maximum atomic E-state index is 12.0. The number of amides is 1. The fourth-order valence-corrected chi connectivity index (χ4v) is 4.62. The van der Waals surface area contributed by atoms with Crippen molar-refractivity contribution in [3.63, 3.8) is 0 Å². The van der Waals surface area contributed by atoms with Crippen LogP contribution in [0.1, 0.15) is 39.5 Å². The number of methoxy groups -OCH3 is 1. The Morgan fingerprint density at radius 1 is 1.29 bits per heavy atom. The Morgan fingerprint density at radius 3 is 2.38 bits per heavy atom. The van der Waals surface area contributed by atoms with E-state index in [2.05, 4.69) is 19.2 Å². The Labute approximate surface area is 147 Å². The number of ether oxygens (including phenoxy) is 1. The Kier molecular flexibility index (Phi) is 8.55. The third kappa shape index (κ3) is 6.32. The molecule has 1 amide bonds. The molecular weight excluding hydrogens is 332 g/mol. The van der Waals surface area contributed by atoms with Crippen molar-refractivity contribution < 1.29 is 24.2 Å². The van der Waals surface area contributed by atoms with E-state index in [0.29, 0.717) is 22.8 Å². The Hall–Kier alpha value is -1.28.